The summed E-state index contributed by atoms with van der Waals surface area (Å²) in [6, 6.07) is 3.09. The van der Waals surface area contributed by atoms with Crippen molar-refractivity contribution in [3.63, 3.8) is 0 Å². The van der Waals surface area contributed by atoms with Crippen LogP contribution < -0.4 is 11.1 Å². The number of methoxy groups -OCH3 is 1. The molecule has 18 heavy (non-hydrogen) atoms. The number of thiocarbonyl (C=S) groups is 1. The van der Waals surface area contributed by atoms with Gasteiger partial charge in [-0.05, 0) is 18.2 Å². The fourth-order valence-electron chi connectivity index (χ4n) is 1.24. The molecule has 98 valence electrons. The first-order valence-corrected chi connectivity index (χ1v) is 5.02. The van der Waals surface area contributed by atoms with Crippen LogP contribution in [0.5, 0.6) is 0 Å². The third kappa shape index (κ3) is 3.33. The maximum Gasteiger partial charge on any atom is 0.417 e. The first kappa shape index (κ1) is 14.2. The Bertz CT molecular complexity index is 489. The standard InChI is InChI=1S/C10H9F3N2O2S/c1-17-9(16)15-5-2-3-6(8(14)18)7(4-5)10(11,12)13/h2-4H,1H3,(H2,14,18)(H,15,16). The second kappa shape index (κ2) is 5.21. The van der Waals surface area contributed by atoms with Gasteiger partial charge in [0.15, 0.2) is 0 Å². The molecular weight excluding hydrogens is 269 g/mol. The van der Waals surface area contributed by atoms with Crippen LogP contribution >= 0.6 is 12.2 Å². The van der Waals surface area contributed by atoms with Crippen LogP contribution in [0.3, 0.4) is 0 Å². The smallest absolute Gasteiger partial charge is 0.417 e. The van der Waals surface area contributed by atoms with Crippen molar-refractivity contribution in [2.24, 2.45) is 5.73 Å². The molecule has 0 aliphatic heterocycles. The van der Waals surface area contributed by atoms with Crippen molar-refractivity contribution in [2.45, 2.75) is 6.18 Å². The van der Waals surface area contributed by atoms with Crippen molar-refractivity contribution in [2.75, 3.05) is 12.4 Å². The first-order valence-electron chi connectivity index (χ1n) is 4.61. The molecule has 8 heteroatoms. The highest BCUT2D eigenvalue weighted by molar-refractivity contribution is 7.80. The van der Waals surface area contributed by atoms with E-state index in [2.05, 4.69) is 22.3 Å². The summed E-state index contributed by atoms with van der Waals surface area (Å²) in [7, 11) is 1.10. The van der Waals surface area contributed by atoms with Crippen LogP contribution in [0, 0.1) is 0 Å². The summed E-state index contributed by atoms with van der Waals surface area (Å²) >= 11 is 4.54. The molecule has 0 fully saturated rings. The molecule has 0 spiro atoms. The minimum absolute atomic E-state index is 0.0609. The zero-order chi connectivity index (χ0) is 13.9. The van der Waals surface area contributed by atoms with E-state index in [0.29, 0.717) is 0 Å². The van der Waals surface area contributed by atoms with Crippen LogP contribution in [-0.4, -0.2) is 18.2 Å². The lowest BCUT2D eigenvalue weighted by molar-refractivity contribution is -0.137. The molecule has 0 aromatic heterocycles. The molecule has 1 rings (SSSR count). The first-order chi connectivity index (χ1) is 8.25. The number of carbonyl (C=O) groups excluding carboxylic acids is 1. The van der Waals surface area contributed by atoms with E-state index in [9.17, 15) is 18.0 Å². The number of rotatable bonds is 2. The molecule has 1 aromatic carbocycles. The Morgan fingerprint density at radius 1 is 1.44 bits per heavy atom. The highest BCUT2D eigenvalue weighted by atomic mass is 32.1. The van der Waals surface area contributed by atoms with Gasteiger partial charge in [-0.15, -0.1) is 0 Å². The summed E-state index contributed by atoms with van der Waals surface area (Å²) in [6.07, 6.45) is -5.49. The van der Waals surface area contributed by atoms with Gasteiger partial charge in [-0.1, -0.05) is 12.2 Å². The largest absolute Gasteiger partial charge is 0.453 e. The molecule has 0 atom stereocenters. The molecule has 4 nitrogen and oxygen atoms in total. The van der Waals surface area contributed by atoms with Crippen molar-refractivity contribution in [3.8, 4) is 0 Å². The van der Waals surface area contributed by atoms with Crippen LogP contribution in [0.15, 0.2) is 18.2 Å². The van der Waals surface area contributed by atoms with E-state index < -0.39 is 17.8 Å². The number of carbonyl (C=O) groups is 1. The molecular formula is C10H9F3N2O2S. The zero-order valence-electron chi connectivity index (χ0n) is 9.17. The number of halogens is 3. The lowest BCUT2D eigenvalue weighted by Crippen LogP contribution is -2.19. The third-order valence-corrected chi connectivity index (χ3v) is 2.24. The highest BCUT2D eigenvalue weighted by Gasteiger charge is 2.34. The van der Waals surface area contributed by atoms with Gasteiger partial charge in [-0.25, -0.2) is 4.79 Å². The predicted octanol–water partition coefficient (Wildman–Crippen LogP) is 2.52. The Morgan fingerprint density at radius 3 is 2.50 bits per heavy atom. The van der Waals surface area contributed by atoms with E-state index in [4.69, 9.17) is 5.73 Å². The van der Waals surface area contributed by atoms with E-state index in [1.165, 1.54) is 6.07 Å². The molecule has 0 radical (unpaired) electrons. The number of ether oxygens (including phenoxy) is 1. The number of hydrogen-bond donors (Lipinski definition) is 2. The maximum atomic E-state index is 12.7. The number of nitrogens with two attached hydrogens (primary N) is 1. The fourth-order valence-corrected chi connectivity index (χ4v) is 1.42. The molecule has 0 saturated heterocycles. The molecule has 0 heterocycles. The van der Waals surface area contributed by atoms with Crippen molar-refractivity contribution >= 4 is 29.0 Å². The topological polar surface area (TPSA) is 64.3 Å². The second-order valence-corrected chi connectivity index (χ2v) is 3.68. The quantitative estimate of drug-likeness (QED) is 0.816. The fraction of sp³-hybridized carbons (Fsp3) is 0.200. The van der Waals surface area contributed by atoms with Crippen LogP contribution in [0.4, 0.5) is 23.7 Å². The molecule has 1 amide bonds. The Hall–Kier alpha value is -1.83. The van der Waals surface area contributed by atoms with Gasteiger partial charge in [0.05, 0.1) is 12.7 Å². The van der Waals surface area contributed by atoms with Crippen LogP contribution in [0.2, 0.25) is 0 Å². The predicted molar refractivity (Wildman–Crippen MR) is 63.4 cm³/mol. The number of benzene rings is 1. The summed E-state index contributed by atoms with van der Waals surface area (Å²) < 4.78 is 42.5. The Morgan fingerprint density at radius 2 is 2.06 bits per heavy atom. The van der Waals surface area contributed by atoms with E-state index in [0.717, 1.165) is 19.2 Å². The van der Waals surface area contributed by atoms with Gasteiger partial charge in [-0.2, -0.15) is 13.2 Å². The van der Waals surface area contributed by atoms with Crippen molar-refractivity contribution in [1.29, 1.82) is 0 Å². The average Bonchev–Trinajstić information content (AvgIpc) is 2.27. The normalized spacial score (nSPS) is 10.9. The number of anilines is 1. The minimum Gasteiger partial charge on any atom is -0.453 e. The van der Waals surface area contributed by atoms with E-state index >= 15 is 0 Å². The lowest BCUT2D eigenvalue weighted by Gasteiger charge is -2.13. The molecule has 1 aromatic rings. The van der Waals surface area contributed by atoms with Gasteiger partial charge >= 0.3 is 12.3 Å². The van der Waals surface area contributed by atoms with Gasteiger partial charge in [0, 0.05) is 11.3 Å². The average molecular weight is 278 g/mol. The highest BCUT2D eigenvalue weighted by Crippen LogP contribution is 2.33. The van der Waals surface area contributed by atoms with E-state index in [1.54, 1.807) is 0 Å². The molecule has 0 aliphatic carbocycles. The molecule has 0 bridgehead atoms. The summed E-state index contributed by atoms with van der Waals surface area (Å²) in [6.45, 7) is 0. The van der Waals surface area contributed by atoms with Crippen LogP contribution in [-0.2, 0) is 10.9 Å². The SMILES string of the molecule is COC(=O)Nc1ccc(C(N)=S)c(C(F)(F)F)c1. The maximum absolute atomic E-state index is 12.7. The number of hydrogen-bond acceptors (Lipinski definition) is 3. The van der Waals surface area contributed by atoms with Gasteiger partial charge in [0.1, 0.15) is 4.99 Å². The molecule has 0 unspecified atom stereocenters. The molecule has 0 saturated carbocycles. The monoisotopic (exact) mass is 278 g/mol. The van der Waals surface area contributed by atoms with E-state index in [1.807, 2.05) is 0 Å². The van der Waals surface area contributed by atoms with Crippen LogP contribution in [0.1, 0.15) is 11.1 Å². The number of amides is 1. The van der Waals surface area contributed by atoms with Gasteiger partial charge in [-0.3, -0.25) is 5.32 Å². The summed E-state index contributed by atoms with van der Waals surface area (Å²) in [5, 5.41) is 2.12. The van der Waals surface area contributed by atoms with Crippen molar-refractivity contribution in [3.05, 3.63) is 29.3 Å². The summed E-state index contributed by atoms with van der Waals surface area (Å²) in [5.41, 5.74) is 3.84. The van der Waals surface area contributed by atoms with Gasteiger partial charge in [0.25, 0.3) is 0 Å². The van der Waals surface area contributed by atoms with Gasteiger partial charge < -0.3 is 10.5 Å². The number of nitrogens with one attached hydrogen (secondary N) is 1. The lowest BCUT2D eigenvalue weighted by atomic mass is 10.1. The number of alkyl halides is 3. The Labute approximate surface area is 106 Å². The van der Waals surface area contributed by atoms with Gasteiger partial charge in [0.2, 0.25) is 0 Å². The second-order valence-electron chi connectivity index (χ2n) is 3.24. The third-order valence-electron chi connectivity index (χ3n) is 2.02. The minimum atomic E-state index is -4.62. The molecule has 3 N–H and O–H groups in total. The van der Waals surface area contributed by atoms with Crippen LogP contribution in [0.25, 0.3) is 0 Å². The Balaban J connectivity index is 3.22. The van der Waals surface area contributed by atoms with E-state index in [-0.39, 0.29) is 16.2 Å². The van der Waals surface area contributed by atoms with Crippen molar-refractivity contribution < 1.29 is 22.7 Å². The summed E-state index contributed by atoms with van der Waals surface area (Å²) in [5.74, 6) is 0. The molecule has 0 aliphatic rings. The zero-order valence-corrected chi connectivity index (χ0v) is 9.98. The Kier molecular flexibility index (Phi) is 4.12. The summed E-state index contributed by atoms with van der Waals surface area (Å²) in [4.78, 5) is 10.5. The van der Waals surface area contributed by atoms with Crippen molar-refractivity contribution in [1.82, 2.24) is 0 Å².